The Morgan fingerprint density at radius 1 is 0.875 bits per heavy atom. The Kier molecular flexibility index (Phi) is 15.5. The number of aliphatic hydroxyl groups excluding tert-OH is 2. The highest BCUT2D eigenvalue weighted by Crippen LogP contribution is 2.10. The minimum Gasteiger partial charge on any atom is -0.481 e. The van der Waals surface area contributed by atoms with E-state index in [9.17, 15) is 15.0 Å². The van der Waals surface area contributed by atoms with Crippen molar-refractivity contribution in [3.8, 4) is 0 Å². The standard InChI is InChI=1S/C20H34O4/c1-2-3-12-15-18(21)19(22)16-13-10-8-6-4-5-7-9-11-14-17-20(23)24/h4,6-7,9-10,13,18-19,21-22H,2-3,5,8,11-12,14-17H2,1H3,(H,23,24)/b6-4-,9-7-,13-10-/t18-,19-/m1/s1. The molecule has 138 valence electrons. The normalized spacial score (nSPS) is 14.8. The summed E-state index contributed by atoms with van der Waals surface area (Å²) in [6.45, 7) is 2.12. The number of aliphatic carboxylic acids is 1. The fraction of sp³-hybridized carbons (Fsp3) is 0.650. The molecule has 0 bridgehead atoms. The first-order valence-electron chi connectivity index (χ1n) is 9.10. The maximum atomic E-state index is 10.3. The first-order valence-corrected chi connectivity index (χ1v) is 9.10. The Bertz CT molecular complexity index is 385. The van der Waals surface area contributed by atoms with Crippen molar-refractivity contribution < 1.29 is 20.1 Å². The largest absolute Gasteiger partial charge is 0.481 e. The Balaban J connectivity index is 3.62. The molecule has 2 atom stereocenters. The molecule has 0 fully saturated rings. The van der Waals surface area contributed by atoms with Crippen molar-refractivity contribution in [1.29, 1.82) is 0 Å². The van der Waals surface area contributed by atoms with Gasteiger partial charge >= 0.3 is 5.97 Å². The monoisotopic (exact) mass is 338 g/mol. The van der Waals surface area contributed by atoms with Crippen LogP contribution < -0.4 is 0 Å². The molecule has 0 radical (unpaired) electrons. The molecule has 3 N–H and O–H groups in total. The van der Waals surface area contributed by atoms with E-state index in [1.165, 1.54) is 0 Å². The van der Waals surface area contributed by atoms with E-state index >= 15 is 0 Å². The number of carboxylic acids is 1. The first kappa shape index (κ1) is 22.6. The molecule has 0 spiro atoms. The third kappa shape index (κ3) is 15.5. The smallest absolute Gasteiger partial charge is 0.303 e. The van der Waals surface area contributed by atoms with Gasteiger partial charge in [0.1, 0.15) is 0 Å². The van der Waals surface area contributed by atoms with Crippen molar-refractivity contribution in [2.75, 3.05) is 0 Å². The van der Waals surface area contributed by atoms with Crippen LogP contribution in [0.4, 0.5) is 0 Å². The minimum absolute atomic E-state index is 0.226. The lowest BCUT2D eigenvalue weighted by molar-refractivity contribution is -0.137. The van der Waals surface area contributed by atoms with Gasteiger partial charge in [-0.2, -0.15) is 0 Å². The summed E-state index contributed by atoms with van der Waals surface area (Å²) in [5.74, 6) is -0.742. The van der Waals surface area contributed by atoms with E-state index in [1.54, 1.807) is 0 Å². The number of hydrogen-bond donors (Lipinski definition) is 3. The van der Waals surface area contributed by atoms with Crippen LogP contribution in [0, 0.1) is 0 Å². The van der Waals surface area contributed by atoms with Gasteiger partial charge in [-0.05, 0) is 38.5 Å². The zero-order valence-electron chi connectivity index (χ0n) is 14.9. The molecule has 0 unspecified atom stereocenters. The fourth-order valence-electron chi connectivity index (χ4n) is 2.22. The van der Waals surface area contributed by atoms with Crippen molar-refractivity contribution in [1.82, 2.24) is 0 Å². The van der Waals surface area contributed by atoms with E-state index < -0.39 is 18.2 Å². The average Bonchev–Trinajstić information content (AvgIpc) is 2.55. The van der Waals surface area contributed by atoms with Gasteiger partial charge in [0.05, 0.1) is 12.2 Å². The fourth-order valence-corrected chi connectivity index (χ4v) is 2.22. The second-order valence-electron chi connectivity index (χ2n) is 6.04. The molecule has 0 aromatic carbocycles. The quantitative estimate of drug-likeness (QED) is 0.306. The predicted octanol–water partition coefficient (Wildman–Crippen LogP) is 4.38. The molecule has 0 aromatic rings. The maximum Gasteiger partial charge on any atom is 0.303 e. The Morgan fingerprint density at radius 3 is 2.12 bits per heavy atom. The summed E-state index contributed by atoms with van der Waals surface area (Å²) >= 11 is 0. The molecular weight excluding hydrogens is 304 g/mol. The van der Waals surface area contributed by atoms with Gasteiger partial charge in [-0.1, -0.05) is 62.6 Å². The van der Waals surface area contributed by atoms with Crippen molar-refractivity contribution in [3.05, 3.63) is 36.5 Å². The van der Waals surface area contributed by atoms with Gasteiger partial charge in [0, 0.05) is 6.42 Å². The molecule has 0 heterocycles. The van der Waals surface area contributed by atoms with Gasteiger partial charge in [0.2, 0.25) is 0 Å². The lowest BCUT2D eigenvalue weighted by Crippen LogP contribution is -2.25. The second kappa shape index (κ2) is 16.5. The van der Waals surface area contributed by atoms with Crippen LogP contribution in [0.25, 0.3) is 0 Å². The molecule has 0 saturated heterocycles. The van der Waals surface area contributed by atoms with E-state index in [2.05, 4.69) is 19.1 Å². The van der Waals surface area contributed by atoms with Gasteiger partial charge < -0.3 is 15.3 Å². The number of carboxylic acid groups (broad SMARTS) is 1. The van der Waals surface area contributed by atoms with E-state index in [1.807, 2.05) is 24.3 Å². The number of unbranched alkanes of at least 4 members (excludes halogenated alkanes) is 3. The van der Waals surface area contributed by atoms with Crippen LogP contribution in [0.15, 0.2) is 36.5 Å². The average molecular weight is 338 g/mol. The number of aliphatic hydroxyl groups is 2. The van der Waals surface area contributed by atoms with Crippen molar-refractivity contribution in [2.24, 2.45) is 0 Å². The third-order valence-corrected chi connectivity index (χ3v) is 3.73. The number of allylic oxidation sites excluding steroid dienone is 5. The minimum atomic E-state index is -0.742. The van der Waals surface area contributed by atoms with Crippen LogP contribution in [0.2, 0.25) is 0 Å². The van der Waals surface area contributed by atoms with Gasteiger partial charge in [0.25, 0.3) is 0 Å². The summed E-state index contributed by atoms with van der Waals surface area (Å²) in [5, 5.41) is 28.1. The highest BCUT2D eigenvalue weighted by molar-refractivity contribution is 5.66. The SMILES string of the molecule is CCCCC[C@@H](O)[C@H](O)C/C=C\C/C=C\C/C=C\CCCC(=O)O. The Labute approximate surface area is 146 Å². The topological polar surface area (TPSA) is 77.8 Å². The Hall–Kier alpha value is -1.39. The number of rotatable bonds is 15. The molecule has 0 aliphatic rings. The van der Waals surface area contributed by atoms with Crippen LogP contribution >= 0.6 is 0 Å². The van der Waals surface area contributed by atoms with Gasteiger partial charge in [-0.15, -0.1) is 0 Å². The van der Waals surface area contributed by atoms with Gasteiger partial charge in [-0.25, -0.2) is 0 Å². The Morgan fingerprint density at radius 2 is 1.50 bits per heavy atom. The van der Waals surface area contributed by atoms with E-state index in [4.69, 9.17) is 5.11 Å². The van der Waals surface area contributed by atoms with E-state index in [0.717, 1.165) is 38.5 Å². The summed E-state index contributed by atoms with van der Waals surface area (Å²) < 4.78 is 0. The summed E-state index contributed by atoms with van der Waals surface area (Å²) in [6, 6.07) is 0. The molecule has 0 amide bonds. The molecule has 4 heteroatoms. The van der Waals surface area contributed by atoms with Crippen LogP contribution in [-0.2, 0) is 4.79 Å². The second-order valence-corrected chi connectivity index (χ2v) is 6.04. The van der Waals surface area contributed by atoms with Crippen LogP contribution in [0.5, 0.6) is 0 Å². The van der Waals surface area contributed by atoms with E-state index in [-0.39, 0.29) is 6.42 Å². The maximum absolute atomic E-state index is 10.3. The first-order chi connectivity index (χ1) is 11.6. The summed E-state index contributed by atoms with van der Waals surface area (Å²) in [4.78, 5) is 10.3. The molecule has 0 aromatic heterocycles. The molecule has 0 aliphatic heterocycles. The lowest BCUT2D eigenvalue weighted by Gasteiger charge is -2.15. The third-order valence-electron chi connectivity index (χ3n) is 3.73. The van der Waals surface area contributed by atoms with Gasteiger partial charge in [0.15, 0.2) is 0 Å². The highest BCUT2D eigenvalue weighted by Gasteiger charge is 2.13. The van der Waals surface area contributed by atoms with Crippen molar-refractivity contribution >= 4 is 5.97 Å². The molecule has 0 aliphatic carbocycles. The number of carbonyl (C=O) groups is 1. The zero-order chi connectivity index (χ0) is 18.0. The van der Waals surface area contributed by atoms with Gasteiger partial charge in [-0.3, -0.25) is 4.79 Å². The molecule has 0 rings (SSSR count). The number of hydrogen-bond acceptors (Lipinski definition) is 3. The molecular formula is C20H34O4. The zero-order valence-corrected chi connectivity index (χ0v) is 14.9. The predicted molar refractivity (Wildman–Crippen MR) is 98.9 cm³/mol. The van der Waals surface area contributed by atoms with Crippen LogP contribution in [0.3, 0.4) is 0 Å². The highest BCUT2D eigenvalue weighted by atomic mass is 16.4. The van der Waals surface area contributed by atoms with E-state index in [0.29, 0.717) is 19.3 Å². The van der Waals surface area contributed by atoms with Crippen LogP contribution in [0.1, 0.15) is 71.1 Å². The molecule has 4 nitrogen and oxygen atoms in total. The molecule has 0 saturated carbocycles. The molecule has 24 heavy (non-hydrogen) atoms. The summed E-state index contributed by atoms with van der Waals surface area (Å²) in [7, 11) is 0. The summed E-state index contributed by atoms with van der Waals surface area (Å²) in [6.07, 6.45) is 18.5. The summed E-state index contributed by atoms with van der Waals surface area (Å²) in [5.41, 5.74) is 0. The van der Waals surface area contributed by atoms with Crippen molar-refractivity contribution in [2.45, 2.75) is 83.3 Å². The lowest BCUT2D eigenvalue weighted by atomic mass is 10.0. The van der Waals surface area contributed by atoms with Crippen LogP contribution in [-0.4, -0.2) is 33.5 Å². The van der Waals surface area contributed by atoms with Crippen molar-refractivity contribution in [3.63, 3.8) is 0 Å².